The second kappa shape index (κ2) is 9.70. The molecule has 0 aliphatic carbocycles. The van der Waals surface area contributed by atoms with Crippen LogP contribution in [0, 0.1) is 0 Å². The van der Waals surface area contributed by atoms with E-state index in [0.29, 0.717) is 0 Å². The molecule has 0 aliphatic heterocycles. The summed E-state index contributed by atoms with van der Waals surface area (Å²) in [5.41, 5.74) is 5.51. The molecule has 0 fully saturated rings. The minimum Gasteiger partial charge on any atom is -0.406 e. The van der Waals surface area contributed by atoms with Gasteiger partial charge in [-0.1, -0.05) is 130 Å². The minimum absolute atomic E-state index is 0.0477. The number of fused-ring (bicyclic) bond motifs is 2. The second-order valence-electron chi connectivity index (χ2n) is 12.8. The van der Waals surface area contributed by atoms with Crippen molar-refractivity contribution in [2.24, 2.45) is 0 Å². The predicted molar refractivity (Wildman–Crippen MR) is 181 cm³/mol. The molecular weight excluding hydrogens is 565 g/mol. The molecule has 0 radical (unpaired) electrons. The Morgan fingerprint density at radius 2 is 0.933 bits per heavy atom. The highest BCUT2D eigenvalue weighted by atomic mass is 19.4. The highest BCUT2D eigenvalue weighted by Crippen LogP contribution is 2.48. The number of benzene rings is 8. The molecule has 8 aromatic rings. The van der Waals surface area contributed by atoms with Crippen molar-refractivity contribution in [1.29, 1.82) is 0 Å². The van der Waals surface area contributed by atoms with Crippen molar-refractivity contribution in [3.05, 3.63) is 127 Å². The summed E-state index contributed by atoms with van der Waals surface area (Å²) in [5.74, 6) is -0.231. The molecule has 1 nitrogen and oxygen atoms in total. The lowest BCUT2D eigenvalue weighted by atomic mass is 9.77. The van der Waals surface area contributed by atoms with Crippen LogP contribution in [0.4, 0.5) is 13.2 Å². The summed E-state index contributed by atoms with van der Waals surface area (Å²) >= 11 is 0. The molecule has 220 valence electrons. The molecular formula is C41H29F3O. The van der Waals surface area contributed by atoms with Crippen LogP contribution in [0.5, 0.6) is 5.75 Å². The molecule has 8 rings (SSSR count). The zero-order chi connectivity index (χ0) is 31.1. The number of hydrogen-bond donors (Lipinski definition) is 0. The van der Waals surface area contributed by atoms with Gasteiger partial charge in [0.2, 0.25) is 0 Å². The van der Waals surface area contributed by atoms with Crippen LogP contribution in [-0.4, -0.2) is 6.36 Å². The normalized spacial score (nSPS) is 12.7. The summed E-state index contributed by atoms with van der Waals surface area (Å²) in [6.45, 7) is 6.85. The van der Waals surface area contributed by atoms with Crippen LogP contribution in [0.15, 0.2) is 121 Å². The first kappa shape index (κ1) is 27.5. The highest BCUT2D eigenvalue weighted by Gasteiger charge is 2.31. The van der Waals surface area contributed by atoms with E-state index in [4.69, 9.17) is 0 Å². The topological polar surface area (TPSA) is 9.23 Å². The van der Waals surface area contributed by atoms with E-state index in [1.807, 2.05) is 0 Å². The van der Waals surface area contributed by atoms with Crippen LogP contribution in [0.2, 0.25) is 0 Å². The van der Waals surface area contributed by atoms with Gasteiger partial charge in [-0.2, -0.15) is 0 Å². The van der Waals surface area contributed by atoms with E-state index in [9.17, 15) is 13.2 Å². The van der Waals surface area contributed by atoms with Crippen molar-refractivity contribution in [1.82, 2.24) is 0 Å². The maximum atomic E-state index is 12.8. The first-order chi connectivity index (χ1) is 21.6. The molecule has 0 bridgehead atoms. The number of rotatable bonds is 3. The van der Waals surface area contributed by atoms with Crippen LogP contribution >= 0.6 is 0 Å². The largest absolute Gasteiger partial charge is 0.573 e. The lowest BCUT2D eigenvalue weighted by Crippen LogP contribution is -2.16. The smallest absolute Gasteiger partial charge is 0.406 e. The molecule has 0 unspecified atom stereocenters. The fourth-order valence-corrected chi connectivity index (χ4v) is 7.33. The van der Waals surface area contributed by atoms with E-state index < -0.39 is 6.36 Å². The Morgan fingerprint density at radius 1 is 0.467 bits per heavy atom. The quantitative estimate of drug-likeness (QED) is 0.146. The van der Waals surface area contributed by atoms with Crippen molar-refractivity contribution < 1.29 is 17.9 Å². The Morgan fingerprint density at radius 3 is 1.44 bits per heavy atom. The van der Waals surface area contributed by atoms with Gasteiger partial charge in [0.05, 0.1) is 0 Å². The summed E-state index contributed by atoms with van der Waals surface area (Å²) in [6, 6.07) is 40.9. The first-order valence-electron chi connectivity index (χ1n) is 15.1. The second-order valence-corrected chi connectivity index (χ2v) is 12.8. The average molecular weight is 595 g/mol. The number of ether oxygens (including phenoxy) is 1. The van der Waals surface area contributed by atoms with Gasteiger partial charge in [0.15, 0.2) is 0 Å². The molecule has 45 heavy (non-hydrogen) atoms. The zero-order valence-electron chi connectivity index (χ0n) is 25.1. The van der Waals surface area contributed by atoms with Crippen LogP contribution in [0.3, 0.4) is 0 Å². The fourth-order valence-electron chi connectivity index (χ4n) is 7.33. The molecule has 0 heterocycles. The maximum absolute atomic E-state index is 12.8. The van der Waals surface area contributed by atoms with Gasteiger partial charge in [-0.15, -0.1) is 13.2 Å². The molecule has 0 spiro atoms. The summed E-state index contributed by atoms with van der Waals surface area (Å²) in [5, 5.41) is 11.9. The van der Waals surface area contributed by atoms with E-state index in [-0.39, 0.29) is 11.2 Å². The van der Waals surface area contributed by atoms with E-state index >= 15 is 0 Å². The summed E-state index contributed by atoms with van der Waals surface area (Å²) in [7, 11) is 0. The molecule has 0 saturated carbocycles. The fraction of sp³-hybridized carbons (Fsp3) is 0.122. The minimum atomic E-state index is -4.73. The third-order valence-corrected chi connectivity index (χ3v) is 9.01. The maximum Gasteiger partial charge on any atom is 0.573 e. The third-order valence-electron chi connectivity index (χ3n) is 9.01. The molecule has 0 saturated heterocycles. The molecule has 8 aromatic carbocycles. The van der Waals surface area contributed by atoms with Crippen molar-refractivity contribution in [2.75, 3.05) is 0 Å². The molecule has 0 atom stereocenters. The van der Waals surface area contributed by atoms with Gasteiger partial charge in [0.25, 0.3) is 0 Å². The van der Waals surface area contributed by atoms with Gasteiger partial charge in [-0.25, -0.2) is 0 Å². The standard InChI is InChI=1S/C41H29F3O/c1-40(2,3)39-34-10-6-4-8-29(34)38(30-9-5-7-11-35(30)39)33-23-17-26-15-21-31-28(20-14-25-16-22-32(33)37(26)36(25)31)24-12-18-27(19-13-24)45-41(42,43)44/h4-23H,1-3H3. The molecule has 0 aromatic heterocycles. The van der Waals surface area contributed by atoms with Crippen LogP contribution in [-0.2, 0) is 5.41 Å². The molecule has 0 N–H and O–H groups in total. The van der Waals surface area contributed by atoms with E-state index in [0.717, 1.165) is 32.7 Å². The van der Waals surface area contributed by atoms with Crippen molar-refractivity contribution in [3.8, 4) is 28.0 Å². The number of alkyl halides is 3. The molecule has 0 amide bonds. The van der Waals surface area contributed by atoms with Gasteiger partial charge in [-0.3, -0.25) is 0 Å². The van der Waals surface area contributed by atoms with Crippen molar-refractivity contribution in [3.63, 3.8) is 0 Å². The highest BCUT2D eigenvalue weighted by molar-refractivity contribution is 6.29. The summed E-state index contributed by atoms with van der Waals surface area (Å²) in [4.78, 5) is 0. The third kappa shape index (κ3) is 4.39. The Bertz CT molecular complexity index is 2350. The lowest BCUT2D eigenvalue weighted by molar-refractivity contribution is -0.274. The average Bonchev–Trinajstić information content (AvgIpc) is 3.01. The Kier molecular flexibility index (Phi) is 5.92. The Hall–Kier alpha value is -5.09. The van der Waals surface area contributed by atoms with Crippen molar-refractivity contribution in [2.45, 2.75) is 32.5 Å². The first-order valence-corrected chi connectivity index (χ1v) is 15.1. The van der Waals surface area contributed by atoms with Crippen LogP contribution in [0.1, 0.15) is 26.3 Å². The van der Waals surface area contributed by atoms with E-state index in [2.05, 4.69) is 123 Å². The van der Waals surface area contributed by atoms with Gasteiger partial charge in [-0.05, 0) is 99.2 Å². The Labute approximate surface area is 258 Å². The van der Waals surface area contributed by atoms with Gasteiger partial charge in [0.1, 0.15) is 5.75 Å². The van der Waals surface area contributed by atoms with Gasteiger partial charge >= 0.3 is 6.36 Å². The van der Waals surface area contributed by atoms with Gasteiger partial charge < -0.3 is 4.74 Å². The van der Waals surface area contributed by atoms with Crippen LogP contribution in [0.25, 0.3) is 76.1 Å². The van der Waals surface area contributed by atoms with E-state index in [1.165, 1.54) is 61.1 Å². The zero-order valence-corrected chi connectivity index (χ0v) is 25.1. The molecule has 4 heteroatoms. The van der Waals surface area contributed by atoms with Crippen molar-refractivity contribution >= 4 is 53.9 Å². The SMILES string of the molecule is CC(C)(C)c1c2ccccc2c(-c2ccc3ccc4c(-c5ccc(OC(F)(F)F)cc5)ccc5ccc2c3c54)c2ccccc12. The number of hydrogen-bond acceptors (Lipinski definition) is 1. The monoisotopic (exact) mass is 594 g/mol. The summed E-state index contributed by atoms with van der Waals surface area (Å²) < 4.78 is 42.5. The Balaban J connectivity index is 1.42. The molecule has 0 aliphatic rings. The summed E-state index contributed by atoms with van der Waals surface area (Å²) in [6.07, 6.45) is -4.73. The van der Waals surface area contributed by atoms with Gasteiger partial charge in [0, 0.05) is 0 Å². The number of halogens is 3. The lowest BCUT2D eigenvalue weighted by Gasteiger charge is -2.26. The van der Waals surface area contributed by atoms with E-state index in [1.54, 1.807) is 12.1 Å². The van der Waals surface area contributed by atoms with Crippen LogP contribution < -0.4 is 4.74 Å². The predicted octanol–water partition coefficient (Wildman–Crippen LogP) is 12.4.